The lowest BCUT2D eigenvalue weighted by Crippen LogP contribution is -2.68. The van der Waals surface area contributed by atoms with Crippen LogP contribution < -0.4 is 11.1 Å². The monoisotopic (exact) mass is 349 g/mol. The average Bonchev–Trinajstić information content (AvgIpc) is 2.59. The van der Waals surface area contributed by atoms with Gasteiger partial charge in [-0.1, -0.05) is 30.3 Å². The number of ether oxygens (including phenoxy) is 1. The molecule has 24 heavy (non-hydrogen) atoms. The van der Waals surface area contributed by atoms with Crippen molar-refractivity contribution < 1.29 is 24.2 Å². The van der Waals surface area contributed by atoms with Crippen LogP contribution in [0.15, 0.2) is 41.7 Å². The molecule has 2 atom stereocenters. The van der Waals surface area contributed by atoms with Gasteiger partial charge < -0.3 is 15.6 Å². The van der Waals surface area contributed by atoms with E-state index in [1.165, 1.54) is 11.8 Å². The Hall–Kier alpha value is -2.52. The minimum atomic E-state index is -1.29. The lowest BCUT2D eigenvalue weighted by Gasteiger charge is -2.47. The summed E-state index contributed by atoms with van der Waals surface area (Å²) < 4.78 is 5.07. The molecule has 0 aliphatic carbocycles. The first-order chi connectivity index (χ1) is 11.5. The third-order valence-corrected chi connectivity index (χ3v) is 4.98. The molecule has 1 saturated heterocycles. The molecule has 3 rings (SSSR count). The first-order valence-electron chi connectivity index (χ1n) is 7.13. The summed E-state index contributed by atoms with van der Waals surface area (Å²) in [5, 5.41) is 11.4. The molecule has 1 aromatic rings. The lowest BCUT2D eigenvalue weighted by atomic mass is 10.1. The molecule has 2 heterocycles. The van der Waals surface area contributed by atoms with Crippen molar-refractivity contribution in [3.63, 3.8) is 0 Å². The van der Waals surface area contributed by atoms with Crippen molar-refractivity contribution in [3.05, 3.63) is 47.3 Å². The highest BCUT2D eigenvalue weighted by Crippen LogP contribution is 2.38. The minimum Gasteiger partial charge on any atom is -0.477 e. The zero-order valence-corrected chi connectivity index (χ0v) is 13.3. The van der Waals surface area contributed by atoms with Crippen molar-refractivity contribution in [2.45, 2.75) is 18.0 Å². The quantitative estimate of drug-likeness (QED) is 0.675. The van der Waals surface area contributed by atoms with Gasteiger partial charge in [0.15, 0.2) is 5.70 Å². The van der Waals surface area contributed by atoms with Crippen LogP contribution in [0.3, 0.4) is 0 Å². The number of rotatable bonds is 4. The van der Waals surface area contributed by atoms with Crippen LogP contribution in [0.4, 0.5) is 4.79 Å². The first kappa shape index (κ1) is 16.3. The maximum atomic E-state index is 11.9. The molecular weight excluding hydrogens is 334 g/mol. The van der Waals surface area contributed by atoms with E-state index in [9.17, 15) is 19.5 Å². The Labute approximate surface area is 141 Å². The summed E-state index contributed by atoms with van der Waals surface area (Å²) in [5.74, 6) is -1.54. The van der Waals surface area contributed by atoms with Crippen LogP contribution in [-0.2, 0) is 20.9 Å². The summed E-state index contributed by atoms with van der Waals surface area (Å²) in [6, 6.07) is 8.37. The smallest absolute Gasteiger partial charge is 0.411 e. The van der Waals surface area contributed by atoms with E-state index in [-0.39, 0.29) is 23.8 Å². The highest BCUT2D eigenvalue weighted by atomic mass is 32.2. The molecule has 1 unspecified atom stereocenters. The van der Waals surface area contributed by atoms with Crippen LogP contribution in [0, 0.1) is 0 Å². The third kappa shape index (κ3) is 2.95. The van der Waals surface area contributed by atoms with E-state index in [0.29, 0.717) is 0 Å². The van der Waals surface area contributed by atoms with Crippen LogP contribution in [0.25, 0.3) is 0 Å². The summed E-state index contributed by atoms with van der Waals surface area (Å²) in [6.07, 6.45) is -0.774. The predicted octanol–water partition coefficient (Wildman–Crippen LogP) is 0.451. The summed E-state index contributed by atoms with van der Waals surface area (Å²) in [7, 11) is 0. The number of nitrogens with one attached hydrogen (secondary N) is 1. The second-order valence-corrected chi connectivity index (χ2v) is 6.36. The molecular formula is C15H15N3O5S. The van der Waals surface area contributed by atoms with Crippen LogP contribution in [0.1, 0.15) is 5.56 Å². The molecule has 0 bridgehead atoms. The second-order valence-electron chi connectivity index (χ2n) is 5.25. The number of hydrogen-bond acceptors (Lipinski definition) is 6. The first-order valence-corrected chi connectivity index (χ1v) is 8.18. The van der Waals surface area contributed by atoms with Gasteiger partial charge in [0.25, 0.3) is 0 Å². The van der Waals surface area contributed by atoms with Gasteiger partial charge in [-0.2, -0.15) is 0 Å². The average molecular weight is 349 g/mol. The van der Waals surface area contributed by atoms with Gasteiger partial charge in [0.1, 0.15) is 18.0 Å². The molecule has 2 amide bonds. The molecule has 4 N–H and O–H groups in total. The number of carboxylic acid groups (broad SMARTS) is 1. The molecule has 0 saturated carbocycles. The van der Waals surface area contributed by atoms with E-state index in [2.05, 4.69) is 5.32 Å². The Bertz CT molecular complexity index is 721. The van der Waals surface area contributed by atoms with Crippen molar-refractivity contribution in [2.75, 3.05) is 5.75 Å². The number of aliphatic carboxylic acids is 1. The van der Waals surface area contributed by atoms with E-state index in [1.807, 2.05) is 18.2 Å². The fraction of sp³-hybridized carbons (Fsp3) is 0.267. The van der Waals surface area contributed by atoms with E-state index in [4.69, 9.17) is 10.5 Å². The molecule has 126 valence electrons. The Morgan fingerprint density at radius 3 is 2.75 bits per heavy atom. The maximum Gasteiger partial charge on any atom is 0.411 e. The van der Waals surface area contributed by atoms with Gasteiger partial charge in [0.05, 0.1) is 5.70 Å². The molecule has 1 aromatic carbocycles. The van der Waals surface area contributed by atoms with E-state index < -0.39 is 29.4 Å². The topological polar surface area (TPSA) is 122 Å². The summed E-state index contributed by atoms with van der Waals surface area (Å²) >= 11 is 1.30. The number of nitrogens with two attached hydrogens (primary N) is 1. The summed E-state index contributed by atoms with van der Waals surface area (Å²) in [6.45, 7) is 0.0612. The largest absolute Gasteiger partial charge is 0.477 e. The van der Waals surface area contributed by atoms with Crippen molar-refractivity contribution >= 4 is 29.7 Å². The summed E-state index contributed by atoms with van der Waals surface area (Å²) in [4.78, 5) is 36.3. The molecule has 2 aliphatic heterocycles. The second kappa shape index (κ2) is 6.54. The van der Waals surface area contributed by atoms with Crippen LogP contribution in [0.5, 0.6) is 0 Å². The predicted molar refractivity (Wildman–Crippen MR) is 85.5 cm³/mol. The Kier molecular flexibility index (Phi) is 4.45. The highest BCUT2D eigenvalue weighted by molar-refractivity contribution is 8.00. The molecule has 2 aliphatic rings. The molecule has 8 nitrogen and oxygen atoms in total. The zero-order chi connectivity index (χ0) is 17.3. The number of nitrogens with zero attached hydrogens (tertiary/aromatic N) is 1. The molecule has 9 heteroatoms. The van der Waals surface area contributed by atoms with Gasteiger partial charge >= 0.3 is 12.1 Å². The van der Waals surface area contributed by atoms with E-state index in [0.717, 1.165) is 10.5 Å². The zero-order valence-electron chi connectivity index (χ0n) is 12.5. The van der Waals surface area contributed by atoms with Crippen molar-refractivity contribution in [2.24, 2.45) is 5.73 Å². The Morgan fingerprint density at radius 2 is 2.08 bits per heavy atom. The number of carboxylic acids is 1. The van der Waals surface area contributed by atoms with Gasteiger partial charge in [-0.05, 0) is 5.56 Å². The molecule has 1 fully saturated rings. The van der Waals surface area contributed by atoms with Gasteiger partial charge in [-0.25, -0.2) is 9.59 Å². The lowest BCUT2D eigenvalue weighted by molar-refractivity contribution is -0.148. The van der Waals surface area contributed by atoms with Crippen LogP contribution >= 0.6 is 11.8 Å². The molecule has 0 radical (unpaired) electrons. The number of fused-ring (bicyclic) bond motifs is 1. The maximum absolute atomic E-state index is 11.9. The molecule has 0 spiro atoms. The fourth-order valence-corrected chi connectivity index (χ4v) is 3.72. The number of benzene rings is 1. The Balaban J connectivity index is 1.69. The van der Waals surface area contributed by atoms with Gasteiger partial charge in [-0.3, -0.25) is 15.0 Å². The van der Waals surface area contributed by atoms with E-state index >= 15 is 0 Å². The summed E-state index contributed by atoms with van der Waals surface area (Å²) in [5.41, 5.74) is 6.34. The van der Waals surface area contributed by atoms with Gasteiger partial charge in [0.2, 0.25) is 5.91 Å². The minimum absolute atomic E-state index is 0.0612. The number of hydrogen-bond donors (Lipinski definition) is 3. The fourth-order valence-electron chi connectivity index (χ4n) is 2.49. The van der Waals surface area contributed by atoms with Crippen LogP contribution in [-0.4, -0.2) is 45.1 Å². The van der Waals surface area contributed by atoms with Gasteiger partial charge in [0, 0.05) is 5.75 Å². The van der Waals surface area contributed by atoms with Crippen molar-refractivity contribution in [1.29, 1.82) is 0 Å². The SMILES string of the molecule is NC1C(=O)N2C(C(=O)O)=C(NC(=O)OCc3ccccc3)CS[C@H]12. The highest BCUT2D eigenvalue weighted by Gasteiger charge is 2.52. The normalized spacial score (nSPS) is 22.5. The number of carbonyl (C=O) groups is 3. The number of carbonyl (C=O) groups excluding carboxylic acids is 2. The third-order valence-electron chi connectivity index (χ3n) is 3.68. The number of amides is 2. The van der Waals surface area contributed by atoms with Crippen molar-refractivity contribution in [3.8, 4) is 0 Å². The Morgan fingerprint density at radius 1 is 1.38 bits per heavy atom. The van der Waals surface area contributed by atoms with Crippen molar-refractivity contribution in [1.82, 2.24) is 10.2 Å². The standard InChI is InChI=1S/C15H15N3O5S/c16-10-12(19)18-11(14(20)21)9(7-24-13(10)18)17-15(22)23-6-8-4-2-1-3-5-8/h1-5,10,13H,6-7,16H2,(H,17,22)(H,20,21)/t10?,13-/m1/s1. The van der Waals surface area contributed by atoms with E-state index in [1.54, 1.807) is 12.1 Å². The van der Waals surface area contributed by atoms with Gasteiger partial charge in [-0.15, -0.1) is 11.8 Å². The number of thioether (sulfide) groups is 1. The molecule has 0 aromatic heterocycles. The number of alkyl carbamates (subject to hydrolysis) is 1. The number of β-lactam (4-membered cyclic amide) rings is 1. The van der Waals surface area contributed by atoms with Crippen LogP contribution in [0.2, 0.25) is 0 Å².